The molecule has 1 aliphatic heterocycles. The summed E-state index contributed by atoms with van der Waals surface area (Å²) in [4.78, 5) is 29.1. The minimum atomic E-state index is -0.516. The summed E-state index contributed by atoms with van der Waals surface area (Å²) in [5.41, 5.74) is 0.725. The van der Waals surface area contributed by atoms with E-state index in [0.29, 0.717) is 17.8 Å². The highest BCUT2D eigenvalue weighted by atomic mass is 35.5. The molecular formula is C15H23ClN4O3. The van der Waals surface area contributed by atoms with Crippen molar-refractivity contribution in [2.45, 2.75) is 39.2 Å². The minimum absolute atomic E-state index is 0. The van der Waals surface area contributed by atoms with Crippen molar-refractivity contribution >= 4 is 24.0 Å². The van der Waals surface area contributed by atoms with Gasteiger partial charge in [-0.3, -0.25) is 19.9 Å². The molecule has 0 radical (unpaired) electrons. The van der Waals surface area contributed by atoms with Crippen molar-refractivity contribution in [3.63, 3.8) is 0 Å². The fourth-order valence-electron chi connectivity index (χ4n) is 2.80. The Kier molecular flexibility index (Phi) is 7.38. The molecule has 8 heteroatoms. The molecule has 0 saturated carbocycles. The fourth-order valence-corrected chi connectivity index (χ4v) is 2.80. The molecule has 23 heavy (non-hydrogen) atoms. The Morgan fingerprint density at radius 2 is 2.13 bits per heavy atom. The maximum Gasteiger partial charge on any atom is 0.288 e. The number of piperidine rings is 1. The van der Waals surface area contributed by atoms with Crippen LogP contribution in [0.3, 0.4) is 0 Å². The van der Waals surface area contributed by atoms with Gasteiger partial charge < -0.3 is 10.2 Å². The van der Waals surface area contributed by atoms with E-state index < -0.39 is 4.92 Å². The summed E-state index contributed by atoms with van der Waals surface area (Å²) >= 11 is 0. The van der Waals surface area contributed by atoms with Gasteiger partial charge in [-0.15, -0.1) is 12.4 Å². The number of aryl methyl sites for hydroxylation is 1. The van der Waals surface area contributed by atoms with E-state index in [4.69, 9.17) is 0 Å². The maximum absolute atomic E-state index is 12.9. The van der Waals surface area contributed by atoms with Gasteiger partial charge in [0.15, 0.2) is 0 Å². The number of hydrogen-bond acceptors (Lipinski definition) is 5. The molecule has 1 fully saturated rings. The van der Waals surface area contributed by atoms with Crippen LogP contribution in [0, 0.1) is 17.0 Å². The summed E-state index contributed by atoms with van der Waals surface area (Å²) in [6.45, 7) is 6.18. The standard InChI is InChI=1S/C15H22N4O3.ClH/c1-3-8-18(12-4-6-16-7-5-12)15(20)14-9-13(19(21)22)10-17-11(14)2;/h9-10,12,16H,3-8H2,1-2H3;1H. The molecule has 1 N–H and O–H groups in total. The van der Waals surface area contributed by atoms with Crippen molar-refractivity contribution in [3.8, 4) is 0 Å². The minimum Gasteiger partial charge on any atom is -0.336 e. The molecule has 0 spiro atoms. The smallest absolute Gasteiger partial charge is 0.288 e. The van der Waals surface area contributed by atoms with Crippen molar-refractivity contribution in [1.29, 1.82) is 0 Å². The van der Waals surface area contributed by atoms with E-state index in [2.05, 4.69) is 10.3 Å². The summed E-state index contributed by atoms with van der Waals surface area (Å²) in [5, 5.41) is 14.2. The third-order valence-corrected chi connectivity index (χ3v) is 3.99. The zero-order valence-electron chi connectivity index (χ0n) is 13.4. The third-order valence-electron chi connectivity index (χ3n) is 3.99. The molecule has 0 bridgehead atoms. The lowest BCUT2D eigenvalue weighted by Gasteiger charge is -2.34. The number of nitrogens with zero attached hydrogens (tertiary/aromatic N) is 3. The van der Waals surface area contributed by atoms with Crippen LogP contribution < -0.4 is 5.32 Å². The molecule has 1 saturated heterocycles. The molecule has 1 aliphatic rings. The topological polar surface area (TPSA) is 88.4 Å². The summed E-state index contributed by atoms with van der Waals surface area (Å²) in [6, 6.07) is 1.53. The molecule has 0 unspecified atom stereocenters. The number of aromatic nitrogens is 1. The second-order valence-electron chi connectivity index (χ2n) is 5.56. The van der Waals surface area contributed by atoms with Crippen molar-refractivity contribution in [2.75, 3.05) is 19.6 Å². The first-order valence-corrected chi connectivity index (χ1v) is 7.67. The summed E-state index contributed by atoms with van der Waals surface area (Å²) < 4.78 is 0. The molecule has 0 aliphatic carbocycles. The van der Waals surface area contributed by atoms with Gasteiger partial charge in [0.05, 0.1) is 16.2 Å². The van der Waals surface area contributed by atoms with E-state index in [9.17, 15) is 14.9 Å². The maximum atomic E-state index is 12.9. The average Bonchev–Trinajstić information content (AvgIpc) is 2.53. The van der Waals surface area contributed by atoms with E-state index in [1.165, 1.54) is 12.3 Å². The lowest BCUT2D eigenvalue weighted by molar-refractivity contribution is -0.385. The van der Waals surface area contributed by atoms with E-state index in [0.717, 1.165) is 32.4 Å². The normalized spacial score (nSPS) is 14.9. The van der Waals surface area contributed by atoms with Crippen LogP contribution in [0.25, 0.3) is 0 Å². The molecule has 1 aromatic rings. The predicted octanol–water partition coefficient (Wildman–Crippen LogP) is 2.32. The van der Waals surface area contributed by atoms with Gasteiger partial charge in [-0.25, -0.2) is 0 Å². The SMILES string of the molecule is CCCN(C(=O)c1cc([N+](=O)[O-])cnc1C)C1CCNCC1.Cl. The largest absolute Gasteiger partial charge is 0.336 e. The van der Waals surface area contributed by atoms with Crippen LogP contribution in [0.1, 0.15) is 42.2 Å². The molecule has 1 aromatic heterocycles. The monoisotopic (exact) mass is 342 g/mol. The number of nitrogens with one attached hydrogen (secondary N) is 1. The van der Waals surface area contributed by atoms with Gasteiger partial charge in [-0.2, -0.15) is 0 Å². The van der Waals surface area contributed by atoms with Gasteiger partial charge in [0.2, 0.25) is 0 Å². The molecule has 128 valence electrons. The fraction of sp³-hybridized carbons (Fsp3) is 0.600. The molecule has 0 aromatic carbocycles. The van der Waals surface area contributed by atoms with Crippen molar-refractivity contribution in [3.05, 3.63) is 33.6 Å². The average molecular weight is 343 g/mol. The molecule has 2 rings (SSSR count). The zero-order chi connectivity index (χ0) is 16.1. The Balaban J connectivity index is 0.00000264. The van der Waals surface area contributed by atoms with Crippen LogP contribution in [0.2, 0.25) is 0 Å². The number of nitro groups is 1. The van der Waals surface area contributed by atoms with Gasteiger partial charge in [0, 0.05) is 18.7 Å². The van der Waals surface area contributed by atoms with E-state index in [1.54, 1.807) is 6.92 Å². The highest BCUT2D eigenvalue weighted by Crippen LogP contribution is 2.20. The number of halogens is 1. The Labute approximate surface area is 142 Å². The second kappa shape index (κ2) is 8.79. The number of pyridine rings is 1. The zero-order valence-corrected chi connectivity index (χ0v) is 14.3. The first-order chi connectivity index (χ1) is 10.5. The molecule has 0 atom stereocenters. The van der Waals surface area contributed by atoms with Gasteiger partial charge in [-0.1, -0.05) is 6.92 Å². The third kappa shape index (κ3) is 4.62. The number of rotatable bonds is 5. The lowest BCUT2D eigenvalue weighted by Crippen LogP contribution is -2.46. The van der Waals surface area contributed by atoms with E-state index in [1.807, 2.05) is 11.8 Å². The Bertz CT molecular complexity index is 562. The highest BCUT2D eigenvalue weighted by Gasteiger charge is 2.27. The molecule has 1 amide bonds. The summed E-state index contributed by atoms with van der Waals surface area (Å²) in [7, 11) is 0. The molecule has 7 nitrogen and oxygen atoms in total. The quantitative estimate of drug-likeness (QED) is 0.655. The predicted molar refractivity (Wildman–Crippen MR) is 90.1 cm³/mol. The lowest BCUT2D eigenvalue weighted by atomic mass is 10.0. The van der Waals surface area contributed by atoms with Crippen molar-refractivity contribution in [1.82, 2.24) is 15.2 Å². The van der Waals surface area contributed by atoms with Crippen LogP contribution >= 0.6 is 12.4 Å². The first-order valence-electron chi connectivity index (χ1n) is 7.67. The Hall–Kier alpha value is -1.73. The van der Waals surface area contributed by atoms with Crippen LogP contribution in [0.5, 0.6) is 0 Å². The second-order valence-corrected chi connectivity index (χ2v) is 5.56. The van der Waals surface area contributed by atoms with Gasteiger partial charge in [0.1, 0.15) is 6.20 Å². The number of hydrogen-bond donors (Lipinski definition) is 1. The summed E-state index contributed by atoms with van der Waals surface area (Å²) in [6.07, 6.45) is 3.87. The Morgan fingerprint density at radius 3 is 2.70 bits per heavy atom. The number of amides is 1. The van der Waals surface area contributed by atoms with Gasteiger partial charge in [0.25, 0.3) is 11.6 Å². The van der Waals surface area contributed by atoms with Crippen LogP contribution in [0.15, 0.2) is 12.3 Å². The van der Waals surface area contributed by atoms with Gasteiger partial charge >= 0.3 is 0 Å². The van der Waals surface area contributed by atoms with Crippen molar-refractivity contribution < 1.29 is 9.72 Å². The van der Waals surface area contributed by atoms with E-state index in [-0.39, 0.29) is 30.0 Å². The van der Waals surface area contributed by atoms with Crippen molar-refractivity contribution in [2.24, 2.45) is 0 Å². The highest BCUT2D eigenvalue weighted by molar-refractivity contribution is 5.96. The van der Waals surface area contributed by atoms with Gasteiger partial charge in [-0.05, 0) is 39.3 Å². The molecular weight excluding hydrogens is 320 g/mol. The first kappa shape index (κ1) is 19.3. The summed E-state index contributed by atoms with van der Waals surface area (Å²) in [5.74, 6) is -0.151. The number of carbonyl (C=O) groups excluding carboxylic acids is 1. The van der Waals surface area contributed by atoms with E-state index >= 15 is 0 Å². The molecule has 2 heterocycles. The van der Waals surface area contributed by atoms with Crippen LogP contribution in [-0.4, -0.2) is 46.4 Å². The number of carbonyl (C=O) groups is 1. The van der Waals surface area contributed by atoms with Crippen LogP contribution in [-0.2, 0) is 0 Å². The Morgan fingerprint density at radius 1 is 1.48 bits per heavy atom. The van der Waals surface area contributed by atoms with Crippen LogP contribution in [0.4, 0.5) is 5.69 Å².